The largest absolute Gasteiger partial charge is 0.394 e. The van der Waals surface area contributed by atoms with Gasteiger partial charge in [0.15, 0.2) is 12.1 Å². The Balaban J connectivity index is 1.47. The molecule has 5 aliphatic rings. The van der Waals surface area contributed by atoms with Crippen molar-refractivity contribution in [2.45, 2.75) is 154 Å². The van der Waals surface area contributed by atoms with Crippen molar-refractivity contribution in [3.05, 3.63) is 11.6 Å². The highest BCUT2D eigenvalue weighted by Crippen LogP contribution is 2.74. The Labute approximate surface area is 283 Å². The Hall–Kier alpha value is -1.32. The topological polar surface area (TPSA) is 214 Å². The minimum atomic E-state index is -1.93. The van der Waals surface area contributed by atoms with Crippen LogP contribution in [0.2, 0.25) is 0 Å². The molecule has 0 aromatic carbocycles. The second-order valence-electron chi connectivity index (χ2n) is 17.6. The average molecular weight is 683 g/mol. The molecule has 0 unspecified atom stereocenters. The Kier molecular flexibility index (Phi) is 9.59. The maximum Gasteiger partial charge on any atom is 0.187 e. The second kappa shape index (κ2) is 12.1. The van der Waals surface area contributed by atoms with Gasteiger partial charge >= 0.3 is 0 Å². The van der Waals surface area contributed by atoms with Gasteiger partial charge in [0.25, 0.3) is 0 Å². The number of carbonyl (C=O) groups excluding carboxylic acids is 2. The highest BCUT2D eigenvalue weighted by molar-refractivity contribution is 5.90. The van der Waals surface area contributed by atoms with E-state index in [9.17, 15) is 50.4 Å². The lowest BCUT2D eigenvalue weighted by Crippen LogP contribution is -2.66. The van der Waals surface area contributed by atoms with Gasteiger partial charge in [0.2, 0.25) is 0 Å². The first-order valence-electron chi connectivity index (χ1n) is 17.4. The van der Waals surface area contributed by atoms with Gasteiger partial charge in [-0.25, -0.2) is 0 Å². The van der Waals surface area contributed by atoms with Crippen molar-refractivity contribution in [2.75, 3.05) is 6.61 Å². The summed E-state index contributed by atoms with van der Waals surface area (Å²) in [5, 5.41) is 86.2. The maximum atomic E-state index is 14.6. The molecule has 274 valence electrons. The fourth-order valence-electron chi connectivity index (χ4n) is 11.0. The van der Waals surface area contributed by atoms with Crippen LogP contribution in [-0.2, 0) is 19.1 Å². The van der Waals surface area contributed by atoms with E-state index in [1.54, 1.807) is 13.8 Å². The van der Waals surface area contributed by atoms with E-state index in [4.69, 9.17) is 9.47 Å². The van der Waals surface area contributed by atoms with E-state index >= 15 is 0 Å². The molecule has 0 bridgehead atoms. The number of ether oxygens (including phenoxy) is 2. The number of aliphatic hydroxyl groups excluding tert-OH is 6. The normalized spacial score (nSPS) is 48.5. The van der Waals surface area contributed by atoms with Crippen LogP contribution in [0, 0.1) is 39.4 Å². The van der Waals surface area contributed by atoms with Crippen LogP contribution >= 0.6 is 0 Å². The summed E-state index contributed by atoms with van der Waals surface area (Å²) >= 11 is 0. The summed E-state index contributed by atoms with van der Waals surface area (Å²) < 4.78 is 11.8. The number of aliphatic hydroxyl groups is 8. The van der Waals surface area contributed by atoms with Crippen LogP contribution in [0.5, 0.6) is 0 Å². The van der Waals surface area contributed by atoms with Crippen LogP contribution < -0.4 is 0 Å². The van der Waals surface area contributed by atoms with E-state index in [1.807, 2.05) is 27.7 Å². The summed E-state index contributed by atoms with van der Waals surface area (Å²) in [5.74, 6) is -2.12. The highest BCUT2D eigenvalue weighted by Gasteiger charge is 2.74. The van der Waals surface area contributed by atoms with Gasteiger partial charge in [-0.05, 0) is 69.1 Å². The molecule has 1 saturated heterocycles. The Morgan fingerprint density at radius 3 is 2.17 bits per heavy atom. The van der Waals surface area contributed by atoms with Crippen molar-refractivity contribution in [3.63, 3.8) is 0 Å². The van der Waals surface area contributed by atoms with Gasteiger partial charge < -0.3 is 50.3 Å². The quantitative estimate of drug-likeness (QED) is 0.167. The van der Waals surface area contributed by atoms with Gasteiger partial charge in [0.1, 0.15) is 35.8 Å². The van der Waals surface area contributed by atoms with Crippen molar-refractivity contribution in [3.8, 4) is 0 Å². The van der Waals surface area contributed by atoms with E-state index in [1.165, 1.54) is 6.92 Å². The summed E-state index contributed by atoms with van der Waals surface area (Å²) in [6.45, 7) is 13.7. The smallest absolute Gasteiger partial charge is 0.187 e. The van der Waals surface area contributed by atoms with Gasteiger partial charge in [-0.1, -0.05) is 46.3 Å². The fourth-order valence-corrected chi connectivity index (χ4v) is 11.0. The first kappa shape index (κ1) is 37.9. The lowest BCUT2D eigenvalue weighted by atomic mass is 9.38. The lowest BCUT2D eigenvalue weighted by Gasteiger charge is -2.65. The third kappa shape index (κ3) is 5.48. The second-order valence-corrected chi connectivity index (χ2v) is 17.6. The summed E-state index contributed by atoms with van der Waals surface area (Å²) in [5.41, 5.74) is -5.54. The van der Waals surface area contributed by atoms with Crippen molar-refractivity contribution < 1.29 is 59.9 Å². The van der Waals surface area contributed by atoms with Gasteiger partial charge in [-0.15, -0.1) is 0 Å². The van der Waals surface area contributed by atoms with Crippen LogP contribution in [0.4, 0.5) is 0 Å². The molecular weight excluding hydrogens is 624 g/mol. The summed E-state index contributed by atoms with van der Waals surface area (Å²) in [7, 11) is 0. The molecule has 5 rings (SSSR count). The van der Waals surface area contributed by atoms with Crippen LogP contribution in [0.25, 0.3) is 0 Å². The van der Waals surface area contributed by atoms with Gasteiger partial charge in [0.05, 0.1) is 30.5 Å². The molecule has 0 spiro atoms. The van der Waals surface area contributed by atoms with Crippen molar-refractivity contribution in [1.29, 1.82) is 0 Å². The average Bonchev–Trinajstić information content (AvgIpc) is 3.18. The zero-order valence-corrected chi connectivity index (χ0v) is 29.6. The molecule has 3 saturated carbocycles. The zero-order chi connectivity index (χ0) is 36.2. The molecule has 12 nitrogen and oxygen atoms in total. The van der Waals surface area contributed by atoms with Crippen LogP contribution in [-0.4, -0.2) is 119 Å². The van der Waals surface area contributed by atoms with E-state index in [0.717, 1.165) is 5.57 Å². The van der Waals surface area contributed by atoms with Gasteiger partial charge in [-0.3, -0.25) is 9.59 Å². The molecule has 48 heavy (non-hydrogen) atoms. The number of Topliss-reactive ketones (excluding diaryl/α,β-unsaturated/α-hetero) is 2. The molecule has 1 aliphatic heterocycles. The van der Waals surface area contributed by atoms with Crippen molar-refractivity contribution >= 4 is 11.6 Å². The van der Waals surface area contributed by atoms with Crippen LogP contribution in [0.1, 0.15) is 93.9 Å². The third-order valence-corrected chi connectivity index (χ3v) is 13.8. The number of carbonyl (C=O) groups is 2. The first-order chi connectivity index (χ1) is 21.9. The Morgan fingerprint density at radius 1 is 0.958 bits per heavy atom. The molecule has 1 heterocycles. The number of hydrogen-bond acceptors (Lipinski definition) is 12. The number of fused-ring (bicyclic) bond motifs is 5. The van der Waals surface area contributed by atoms with Crippen molar-refractivity contribution in [1.82, 2.24) is 0 Å². The van der Waals surface area contributed by atoms with Crippen LogP contribution in [0.3, 0.4) is 0 Å². The Morgan fingerprint density at radius 2 is 1.58 bits per heavy atom. The standard InChI is InChI=1S/C36H58O12/c1-31(2,45)12-11-23(40)36(8,46)28-20(39)14-33(5)22-10-9-17-18(35(22,7)24(41)15-34(28,33)6)13-19(38)29(32(17,3)4)48-30-27(44)26(43)25(42)21(16-37)47-30/h9,18-22,25-30,37-39,42-46H,10-16H2,1-8H3/t18-,19+,20-,21+,22-,25+,26-,27+,28-,29-,30-,33-,34-,35+,36-/m1/s1. The molecule has 12 heteroatoms. The molecule has 8 N–H and O–H groups in total. The minimum Gasteiger partial charge on any atom is -0.394 e. The number of hydrogen-bond donors (Lipinski definition) is 8. The molecule has 0 amide bonds. The van der Waals surface area contributed by atoms with E-state index < -0.39 is 106 Å². The lowest BCUT2D eigenvalue weighted by molar-refractivity contribution is -0.327. The maximum absolute atomic E-state index is 14.6. The van der Waals surface area contributed by atoms with Gasteiger partial charge in [-0.2, -0.15) is 0 Å². The summed E-state index contributed by atoms with van der Waals surface area (Å²) in [4.78, 5) is 28.1. The summed E-state index contributed by atoms with van der Waals surface area (Å²) in [6, 6.07) is 0. The third-order valence-electron chi connectivity index (χ3n) is 13.8. The predicted molar refractivity (Wildman–Crippen MR) is 172 cm³/mol. The summed E-state index contributed by atoms with van der Waals surface area (Å²) in [6.07, 6.45) is -7.43. The van der Waals surface area contributed by atoms with Crippen molar-refractivity contribution in [2.24, 2.45) is 39.4 Å². The van der Waals surface area contributed by atoms with Gasteiger partial charge in [0, 0.05) is 29.6 Å². The highest BCUT2D eigenvalue weighted by atomic mass is 16.7. The molecule has 0 aromatic heterocycles. The SMILES string of the molecule is CC(C)(O)CCC(=O)[C@@](C)(O)[C@@H]1[C@H](O)C[C@]2(C)[C@H]3CC=C4[C@@H](C[C@H](O)[C@@H](O[C@H]5O[C@@H](CO)[C@H](O)[C@@H](O)[C@@H]5O)C4(C)C)[C@]3(C)C(=O)C[C@]12C. The fraction of sp³-hybridized carbons (Fsp3) is 0.889. The Bertz CT molecular complexity index is 1300. The molecule has 0 radical (unpaired) electrons. The van der Waals surface area contributed by atoms with E-state index in [0.29, 0.717) is 6.42 Å². The predicted octanol–water partition coefficient (Wildman–Crippen LogP) is 0.769. The number of rotatable bonds is 8. The minimum absolute atomic E-state index is 0.0260. The monoisotopic (exact) mass is 682 g/mol. The zero-order valence-electron chi connectivity index (χ0n) is 29.6. The molecule has 15 atom stereocenters. The van der Waals surface area contributed by atoms with E-state index in [2.05, 4.69) is 13.0 Å². The molecule has 4 aliphatic carbocycles. The van der Waals surface area contributed by atoms with E-state index in [-0.39, 0.29) is 43.8 Å². The molecular formula is C36H58O12. The molecule has 0 aromatic rings. The molecule has 4 fully saturated rings. The van der Waals surface area contributed by atoms with Crippen LogP contribution in [0.15, 0.2) is 11.6 Å². The number of ketones is 2. The number of allylic oxidation sites excluding steroid dienone is 1. The first-order valence-corrected chi connectivity index (χ1v) is 17.4.